The van der Waals surface area contributed by atoms with E-state index in [4.69, 9.17) is 18.9 Å². The fourth-order valence-corrected chi connectivity index (χ4v) is 5.86. The van der Waals surface area contributed by atoms with Crippen LogP contribution in [-0.2, 0) is 0 Å². The monoisotopic (exact) mass is 660 g/mol. The van der Waals surface area contributed by atoms with Crippen LogP contribution in [0.3, 0.4) is 0 Å². The summed E-state index contributed by atoms with van der Waals surface area (Å²) in [4.78, 5) is 7.23. The molecular formula is C32H26Br2N2O4. The molecule has 0 bridgehead atoms. The number of H-pyrrole nitrogens is 2. The van der Waals surface area contributed by atoms with Gasteiger partial charge >= 0.3 is 0 Å². The lowest BCUT2D eigenvalue weighted by Gasteiger charge is -2.15. The second kappa shape index (κ2) is 10.6. The molecule has 0 unspecified atom stereocenters. The van der Waals surface area contributed by atoms with E-state index in [-0.39, 0.29) is 0 Å². The van der Waals surface area contributed by atoms with E-state index < -0.39 is 0 Å². The van der Waals surface area contributed by atoms with Crippen molar-refractivity contribution in [1.29, 1.82) is 0 Å². The third-order valence-corrected chi connectivity index (χ3v) is 8.21. The largest absolute Gasteiger partial charge is 0.497 e. The highest BCUT2D eigenvalue weighted by Crippen LogP contribution is 2.51. The quantitative estimate of drug-likeness (QED) is 0.179. The molecule has 0 spiro atoms. The number of benzene rings is 4. The first-order valence-corrected chi connectivity index (χ1v) is 14.1. The molecule has 8 heteroatoms. The highest BCUT2D eigenvalue weighted by molar-refractivity contribution is 9.10. The summed E-state index contributed by atoms with van der Waals surface area (Å²) in [5.41, 5.74) is 7.67. The van der Waals surface area contributed by atoms with Gasteiger partial charge in [0, 0.05) is 44.5 Å². The van der Waals surface area contributed by atoms with E-state index in [9.17, 15) is 0 Å². The molecule has 0 amide bonds. The molecule has 0 radical (unpaired) electrons. The van der Waals surface area contributed by atoms with E-state index in [1.165, 1.54) is 0 Å². The van der Waals surface area contributed by atoms with E-state index in [1.807, 2.05) is 48.7 Å². The lowest BCUT2D eigenvalue weighted by atomic mass is 9.95. The number of hydrogen-bond donors (Lipinski definition) is 2. The zero-order valence-electron chi connectivity index (χ0n) is 22.3. The molecule has 40 heavy (non-hydrogen) atoms. The lowest BCUT2D eigenvalue weighted by molar-refractivity contribution is 0.398. The molecule has 0 saturated heterocycles. The van der Waals surface area contributed by atoms with E-state index >= 15 is 0 Å². The molecule has 202 valence electrons. The average molecular weight is 662 g/mol. The highest BCUT2D eigenvalue weighted by Gasteiger charge is 2.26. The van der Waals surface area contributed by atoms with Crippen LogP contribution in [0.4, 0.5) is 0 Å². The van der Waals surface area contributed by atoms with Gasteiger partial charge in [0.1, 0.15) is 23.0 Å². The first kappa shape index (κ1) is 26.3. The summed E-state index contributed by atoms with van der Waals surface area (Å²) in [7, 11) is 6.68. The summed E-state index contributed by atoms with van der Waals surface area (Å²) in [5, 5.41) is 1.91. The van der Waals surface area contributed by atoms with Gasteiger partial charge in [0.05, 0.1) is 61.5 Å². The summed E-state index contributed by atoms with van der Waals surface area (Å²) in [6.45, 7) is 0. The molecule has 0 saturated carbocycles. The van der Waals surface area contributed by atoms with E-state index in [2.05, 4.69) is 66.1 Å². The maximum atomic E-state index is 6.00. The minimum atomic E-state index is 0.671. The summed E-state index contributed by atoms with van der Waals surface area (Å²) >= 11 is 7.12. The molecule has 6 rings (SSSR count). The molecule has 4 aromatic carbocycles. The van der Waals surface area contributed by atoms with Gasteiger partial charge in [-0.3, -0.25) is 0 Å². The topological polar surface area (TPSA) is 68.5 Å². The van der Waals surface area contributed by atoms with Gasteiger partial charge in [0.15, 0.2) is 0 Å². The van der Waals surface area contributed by atoms with Crippen LogP contribution in [0.5, 0.6) is 23.0 Å². The number of fused-ring (bicyclic) bond motifs is 2. The SMILES string of the molecule is COc1cc(OC)c2c(-c3ccc(Br)cc3)c(-c3c(OC)cc(OC)c4c(-c5ccc(Br)cc5)c[nH]c34)[nH]c2c1. The van der Waals surface area contributed by atoms with Crippen molar-refractivity contribution in [2.75, 3.05) is 28.4 Å². The van der Waals surface area contributed by atoms with E-state index in [0.717, 1.165) is 70.0 Å². The van der Waals surface area contributed by atoms with Gasteiger partial charge in [-0.2, -0.15) is 0 Å². The molecule has 2 aromatic heterocycles. The van der Waals surface area contributed by atoms with Crippen molar-refractivity contribution in [2.24, 2.45) is 0 Å². The van der Waals surface area contributed by atoms with Crippen LogP contribution in [0.1, 0.15) is 0 Å². The molecular weight excluding hydrogens is 636 g/mol. The molecule has 0 aliphatic rings. The second-order valence-electron chi connectivity index (χ2n) is 9.25. The normalized spacial score (nSPS) is 11.2. The molecule has 2 heterocycles. The minimum absolute atomic E-state index is 0.671. The number of aromatic nitrogens is 2. The summed E-state index contributed by atoms with van der Waals surface area (Å²) < 4.78 is 25.4. The third-order valence-electron chi connectivity index (χ3n) is 7.15. The number of rotatable bonds is 7. The number of halogens is 2. The van der Waals surface area contributed by atoms with Crippen LogP contribution < -0.4 is 18.9 Å². The first-order chi connectivity index (χ1) is 19.5. The maximum Gasteiger partial charge on any atom is 0.134 e. The van der Waals surface area contributed by atoms with Gasteiger partial charge in [-0.1, -0.05) is 56.1 Å². The van der Waals surface area contributed by atoms with Gasteiger partial charge in [-0.25, -0.2) is 0 Å². The standard InChI is InChI=1S/C32H26Br2N2O4/c1-37-21-13-23-29(24(14-21)38-2)27(18-7-11-20(34)12-8-18)32(36-23)30-26(40-4)15-25(39-3)28-22(16-35-31(28)30)17-5-9-19(33)10-6-17/h5-16,35-36H,1-4H3. The fraction of sp³-hybridized carbons (Fsp3) is 0.125. The van der Waals surface area contributed by atoms with Crippen LogP contribution in [0.15, 0.2) is 81.9 Å². The van der Waals surface area contributed by atoms with Crippen LogP contribution in [-0.4, -0.2) is 38.4 Å². The molecule has 2 N–H and O–H groups in total. The Morgan fingerprint density at radius 1 is 0.600 bits per heavy atom. The number of hydrogen-bond acceptors (Lipinski definition) is 4. The van der Waals surface area contributed by atoms with Crippen LogP contribution in [0, 0.1) is 0 Å². The van der Waals surface area contributed by atoms with Gasteiger partial charge in [0.25, 0.3) is 0 Å². The summed E-state index contributed by atoms with van der Waals surface area (Å²) in [6, 6.07) is 22.3. The Labute approximate surface area is 248 Å². The van der Waals surface area contributed by atoms with Gasteiger partial charge < -0.3 is 28.9 Å². The second-order valence-corrected chi connectivity index (χ2v) is 11.1. The predicted octanol–water partition coefficient (Wildman–Crippen LogP) is 9.21. The predicted molar refractivity (Wildman–Crippen MR) is 168 cm³/mol. The van der Waals surface area contributed by atoms with Crippen molar-refractivity contribution in [3.8, 4) is 56.5 Å². The zero-order valence-corrected chi connectivity index (χ0v) is 25.5. The van der Waals surface area contributed by atoms with Crippen molar-refractivity contribution in [3.63, 3.8) is 0 Å². The Kier molecular flexibility index (Phi) is 6.98. The van der Waals surface area contributed by atoms with Crippen LogP contribution in [0.2, 0.25) is 0 Å². The average Bonchev–Trinajstić information content (AvgIpc) is 3.59. The van der Waals surface area contributed by atoms with Crippen molar-refractivity contribution in [2.45, 2.75) is 0 Å². The first-order valence-electron chi connectivity index (χ1n) is 12.5. The molecule has 0 aliphatic heterocycles. The van der Waals surface area contributed by atoms with E-state index in [1.54, 1.807) is 28.4 Å². The Morgan fingerprint density at radius 3 is 1.80 bits per heavy atom. The maximum absolute atomic E-state index is 6.00. The Hall–Kier alpha value is -3.88. The molecule has 6 nitrogen and oxygen atoms in total. The highest BCUT2D eigenvalue weighted by atomic mass is 79.9. The Morgan fingerprint density at radius 2 is 1.20 bits per heavy atom. The van der Waals surface area contributed by atoms with Gasteiger partial charge in [-0.15, -0.1) is 0 Å². The summed E-state index contributed by atoms with van der Waals surface area (Å²) in [5.74, 6) is 2.80. The zero-order chi connectivity index (χ0) is 28.0. The van der Waals surface area contributed by atoms with Crippen LogP contribution >= 0.6 is 31.9 Å². The number of methoxy groups -OCH3 is 4. The van der Waals surface area contributed by atoms with Crippen molar-refractivity contribution < 1.29 is 18.9 Å². The lowest BCUT2D eigenvalue weighted by Crippen LogP contribution is -1.95. The van der Waals surface area contributed by atoms with Crippen molar-refractivity contribution in [3.05, 3.63) is 81.9 Å². The number of nitrogens with one attached hydrogen (secondary N) is 2. The number of ether oxygens (including phenoxy) is 4. The fourth-order valence-electron chi connectivity index (χ4n) is 5.33. The third kappa shape index (κ3) is 4.32. The summed E-state index contributed by atoms with van der Waals surface area (Å²) in [6.07, 6.45) is 2.02. The smallest absolute Gasteiger partial charge is 0.134 e. The van der Waals surface area contributed by atoms with Crippen LogP contribution in [0.25, 0.3) is 55.3 Å². The van der Waals surface area contributed by atoms with Gasteiger partial charge in [0.2, 0.25) is 0 Å². The van der Waals surface area contributed by atoms with Crippen molar-refractivity contribution in [1.82, 2.24) is 9.97 Å². The number of aromatic amines is 2. The van der Waals surface area contributed by atoms with Crippen molar-refractivity contribution >= 4 is 53.7 Å². The Bertz CT molecular complexity index is 1860. The van der Waals surface area contributed by atoms with E-state index in [0.29, 0.717) is 17.2 Å². The molecule has 0 fully saturated rings. The Balaban J connectivity index is 1.74. The molecule has 0 aliphatic carbocycles. The minimum Gasteiger partial charge on any atom is -0.497 e. The van der Waals surface area contributed by atoms with Gasteiger partial charge in [-0.05, 0) is 35.4 Å². The molecule has 6 aromatic rings. The molecule has 0 atom stereocenters.